The largest absolute Gasteiger partial charge is 0.399 e. The third-order valence-corrected chi connectivity index (χ3v) is 9.33. The number of anilines is 1. The molecule has 2 aliphatic rings. The van der Waals surface area contributed by atoms with Crippen molar-refractivity contribution in [3.63, 3.8) is 0 Å². The first kappa shape index (κ1) is 31.4. The number of nitrogens with one attached hydrogen (secondary N) is 1. The van der Waals surface area contributed by atoms with Crippen LogP contribution in [0.3, 0.4) is 0 Å². The number of carbonyl (C=O) groups excluding carboxylic acids is 1. The number of nitrogens with two attached hydrogens (primary N) is 2. The first-order valence-corrected chi connectivity index (χ1v) is 16.4. The van der Waals surface area contributed by atoms with E-state index in [0.717, 1.165) is 48.2 Å². The van der Waals surface area contributed by atoms with Gasteiger partial charge in [0.2, 0.25) is 10.0 Å². The average Bonchev–Trinajstić information content (AvgIpc) is 3.18. The second kappa shape index (κ2) is 13.7. The minimum absolute atomic E-state index is 0.0790. The highest BCUT2D eigenvalue weighted by Gasteiger charge is 2.25. The number of rotatable bonds is 10. The average molecular weight is 617 g/mol. The van der Waals surface area contributed by atoms with Crippen molar-refractivity contribution in [2.45, 2.75) is 50.2 Å². The second-order valence-electron chi connectivity index (χ2n) is 11.4. The summed E-state index contributed by atoms with van der Waals surface area (Å²) in [5.41, 5.74) is 17.0. The third-order valence-electron chi connectivity index (χ3n) is 7.81. The van der Waals surface area contributed by atoms with E-state index in [1.165, 1.54) is 5.06 Å². The van der Waals surface area contributed by atoms with Gasteiger partial charge in [-0.05, 0) is 92.5 Å². The number of amides is 1. The van der Waals surface area contributed by atoms with Crippen LogP contribution < -0.4 is 16.2 Å². The highest BCUT2D eigenvalue weighted by molar-refractivity contribution is 7.89. The molecule has 5 rings (SSSR count). The maximum Gasteiger partial charge on any atom is 0.273 e. The molecule has 3 aromatic rings. The van der Waals surface area contributed by atoms with E-state index in [9.17, 15) is 13.2 Å². The highest BCUT2D eigenvalue weighted by atomic mass is 32.2. The number of amidine groups is 1. The zero-order valence-electron chi connectivity index (χ0n) is 25.2. The SMILES string of the molecule is CCCN(OCc1ccc(N)cc1)C(=O)C1=Cc2ccc(-c3cccc(S(=O)(=O)NC4CCN(C)CC4)c3)cc2N=C(N)C1. The molecule has 5 N–H and O–H groups in total. The molecule has 0 radical (unpaired) electrons. The number of carbonyl (C=O) groups is 1. The van der Waals surface area contributed by atoms with E-state index in [4.69, 9.17) is 16.3 Å². The number of nitrogens with zero attached hydrogens (tertiary/aromatic N) is 3. The molecule has 0 unspecified atom stereocenters. The summed E-state index contributed by atoms with van der Waals surface area (Å²) in [4.78, 5) is 26.5. The van der Waals surface area contributed by atoms with Crippen LogP contribution in [0.4, 0.5) is 11.4 Å². The van der Waals surface area contributed by atoms with Crippen LogP contribution in [0.2, 0.25) is 0 Å². The van der Waals surface area contributed by atoms with Crippen LogP contribution in [0.5, 0.6) is 0 Å². The minimum atomic E-state index is -3.68. The summed E-state index contributed by atoms with van der Waals surface area (Å²) in [5, 5.41) is 1.38. The molecule has 0 atom stereocenters. The van der Waals surface area contributed by atoms with Crippen LogP contribution in [-0.4, -0.2) is 62.8 Å². The van der Waals surface area contributed by atoms with Gasteiger partial charge in [0.05, 0.1) is 10.6 Å². The molecule has 232 valence electrons. The fraction of sp³-hybridized carbons (Fsp3) is 0.333. The van der Waals surface area contributed by atoms with Crippen molar-refractivity contribution in [3.8, 4) is 11.1 Å². The maximum absolute atomic E-state index is 13.6. The molecule has 2 aliphatic heterocycles. The van der Waals surface area contributed by atoms with Gasteiger partial charge in [-0.3, -0.25) is 9.63 Å². The summed E-state index contributed by atoms with van der Waals surface area (Å²) in [5.74, 6) is 0.0292. The molecule has 44 heavy (non-hydrogen) atoms. The van der Waals surface area contributed by atoms with Gasteiger partial charge in [-0.25, -0.2) is 23.2 Å². The van der Waals surface area contributed by atoms with Crippen LogP contribution in [0.1, 0.15) is 43.7 Å². The topological polar surface area (TPSA) is 143 Å². The van der Waals surface area contributed by atoms with Gasteiger partial charge in [-0.2, -0.15) is 0 Å². The lowest BCUT2D eigenvalue weighted by molar-refractivity contribution is -0.187. The molecule has 0 spiro atoms. The zero-order valence-corrected chi connectivity index (χ0v) is 26.0. The number of piperidine rings is 1. The zero-order chi connectivity index (χ0) is 31.3. The van der Waals surface area contributed by atoms with E-state index in [-0.39, 0.29) is 29.9 Å². The van der Waals surface area contributed by atoms with Crippen molar-refractivity contribution in [2.75, 3.05) is 32.4 Å². The van der Waals surface area contributed by atoms with Gasteiger partial charge < -0.3 is 16.4 Å². The highest BCUT2D eigenvalue weighted by Crippen LogP contribution is 2.33. The van der Waals surface area contributed by atoms with Crippen LogP contribution in [0.25, 0.3) is 17.2 Å². The summed E-state index contributed by atoms with van der Waals surface area (Å²) in [6.07, 6.45) is 4.24. The predicted octanol–water partition coefficient (Wildman–Crippen LogP) is 4.45. The number of hydrogen-bond donors (Lipinski definition) is 3. The molecule has 10 nitrogen and oxygen atoms in total. The van der Waals surface area contributed by atoms with Crippen LogP contribution in [0, 0.1) is 0 Å². The Balaban J connectivity index is 1.35. The molecule has 0 saturated carbocycles. The van der Waals surface area contributed by atoms with Crippen molar-refractivity contribution in [1.29, 1.82) is 0 Å². The van der Waals surface area contributed by atoms with Crippen molar-refractivity contribution < 1.29 is 18.0 Å². The predicted molar refractivity (Wildman–Crippen MR) is 174 cm³/mol. The molecular weight excluding hydrogens is 576 g/mol. The monoisotopic (exact) mass is 616 g/mol. The fourth-order valence-corrected chi connectivity index (χ4v) is 6.67. The van der Waals surface area contributed by atoms with Gasteiger partial charge in [0.15, 0.2) is 0 Å². The quantitative estimate of drug-likeness (QED) is 0.226. The second-order valence-corrected chi connectivity index (χ2v) is 13.1. The number of aliphatic imine (C=N–C) groups is 1. The van der Waals surface area contributed by atoms with E-state index in [0.29, 0.717) is 35.7 Å². The van der Waals surface area contributed by atoms with Crippen molar-refractivity contribution in [1.82, 2.24) is 14.7 Å². The lowest BCUT2D eigenvalue weighted by atomic mass is 10.0. The fourth-order valence-electron chi connectivity index (χ4n) is 5.32. The molecule has 11 heteroatoms. The summed E-state index contributed by atoms with van der Waals surface area (Å²) in [6, 6.07) is 19.8. The number of sulfonamides is 1. The normalized spacial score (nSPS) is 16.0. The van der Waals surface area contributed by atoms with E-state index >= 15 is 0 Å². The lowest BCUT2D eigenvalue weighted by Crippen LogP contribution is -2.43. The van der Waals surface area contributed by atoms with Gasteiger partial charge >= 0.3 is 0 Å². The Morgan fingerprint density at radius 3 is 2.50 bits per heavy atom. The first-order chi connectivity index (χ1) is 21.1. The molecule has 1 amide bonds. The molecule has 2 heterocycles. The molecule has 0 aromatic heterocycles. The first-order valence-electron chi connectivity index (χ1n) is 14.9. The Bertz CT molecular complexity index is 1660. The van der Waals surface area contributed by atoms with Crippen molar-refractivity contribution in [3.05, 3.63) is 83.4 Å². The Kier molecular flexibility index (Phi) is 9.80. The number of nitrogen functional groups attached to an aromatic ring is 1. The molecule has 0 aliphatic carbocycles. The number of hydroxylamine groups is 2. The molecule has 0 bridgehead atoms. The van der Waals surface area contributed by atoms with Gasteiger partial charge in [-0.1, -0.05) is 43.3 Å². The maximum atomic E-state index is 13.6. The van der Waals surface area contributed by atoms with Gasteiger partial charge in [0.25, 0.3) is 5.91 Å². The smallest absolute Gasteiger partial charge is 0.273 e. The summed E-state index contributed by atoms with van der Waals surface area (Å²) >= 11 is 0. The third kappa shape index (κ3) is 7.72. The number of hydrogen-bond acceptors (Lipinski definition) is 8. The van der Waals surface area contributed by atoms with E-state index < -0.39 is 10.0 Å². The van der Waals surface area contributed by atoms with Gasteiger partial charge in [-0.15, -0.1) is 0 Å². The van der Waals surface area contributed by atoms with Crippen LogP contribution in [-0.2, 0) is 26.3 Å². The van der Waals surface area contributed by atoms with E-state index in [1.54, 1.807) is 36.4 Å². The molecular formula is C33H40N6O4S. The molecule has 3 aromatic carbocycles. The Morgan fingerprint density at radius 2 is 1.77 bits per heavy atom. The van der Waals surface area contributed by atoms with E-state index in [1.807, 2.05) is 50.4 Å². The molecule has 1 fully saturated rings. The Morgan fingerprint density at radius 1 is 1.05 bits per heavy atom. The molecule has 1 saturated heterocycles. The number of benzene rings is 3. The number of fused-ring (bicyclic) bond motifs is 1. The van der Waals surface area contributed by atoms with E-state index in [2.05, 4.69) is 14.6 Å². The van der Waals surface area contributed by atoms with Gasteiger partial charge in [0, 0.05) is 35.8 Å². The minimum Gasteiger partial charge on any atom is -0.399 e. The number of likely N-dealkylation sites (tertiary alicyclic amines) is 1. The van der Waals surface area contributed by atoms with Crippen molar-refractivity contribution >= 4 is 39.2 Å². The lowest BCUT2D eigenvalue weighted by Gasteiger charge is -2.29. The Hall–Kier alpha value is -4.03. The van der Waals surface area contributed by atoms with Crippen LogP contribution >= 0.6 is 0 Å². The summed E-state index contributed by atoms with van der Waals surface area (Å²) in [6.45, 7) is 4.35. The summed E-state index contributed by atoms with van der Waals surface area (Å²) in [7, 11) is -1.64. The standard InChI is InChI=1S/C33H40N6O4S/c1-3-15-39(43-22-23-7-11-28(34)12-8-23)33(40)27-18-26-10-9-25(20-31(26)36-32(35)21-27)24-5-4-6-30(19-24)44(41,42)37-29-13-16-38(2)17-14-29/h4-12,18-20,29,37H,3,13-17,21-22,34H2,1-2H3,(H2,35,36). The van der Waals surface area contributed by atoms with Gasteiger partial charge in [0.1, 0.15) is 12.4 Å². The Labute approximate surface area is 259 Å². The van der Waals surface area contributed by atoms with Crippen molar-refractivity contribution in [2.24, 2.45) is 10.7 Å². The summed E-state index contributed by atoms with van der Waals surface area (Å²) < 4.78 is 29.3. The van der Waals surface area contributed by atoms with Crippen LogP contribution in [0.15, 0.2) is 82.2 Å².